The molecule has 32 heavy (non-hydrogen) atoms. The number of halogens is 3. The third-order valence-corrected chi connectivity index (χ3v) is 4.49. The molecule has 0 atom stereocenters. The predicted octanol–water partition coefficient (Wildman–Crippen LogP) is 2.23. The van der Waals surface area contributed by atoms with Gasteiger partial charge in [0.2, 0.25) is 5.91 Å². The molecular weight excluding hydrogens is 429 g/mol. The molecule has 4 rings (SSSR count). The Morgan fingerprint density at radius 1 is 1.19 bits per heavy atom. The molecule has 3 aromatic rings. The maximum absolute atomic E-state index is 12.8. The molecule has 0 radical (unpaired) electrons. The van der Waals surface area contributed by atoms with Crippen LogP contribution in [0.15, 0.2) is 48.8 Å². The molecule has 1 fully saturated rings. The van der Waals surface area contributed by atoms with Crippen LogP contribution in [0.5, 0.6) is 5.75 Å². The first kappa shape index (κ1) is 20.9. The second-order valence-corrected chi connectivity index (χ2v) is 6.70. The Hall–Kier alpha value is -4.40. The first-order valence-electron chi connectivity index (χ1n) is 9.11. The van der Waals surface area contributed by atoms with Crippen molar-refractivity contribution < 1.29 is 27.5 Å². The van der Waals surface area contributed by atoms with E-state index in [0.29, 0.717) is 5.69 Å². The van der Waals surface area contributed by atoms with Gasteiger partial charge in [-0.2, -0.15) is 10.4 Å². The van der Waals surface area contributed by atoms with Crippen LogP contribution in [0.4, 0.5) is 13.2 Å². The fourth-order valence-corrected chi connectivity index (χ4v) is 3.15. The van der Waals surface area contributed by atoms with Gasteiger partial charge in [-0.3, -0.25) is 14.6 Å². The molecule has 0 unspecified atom stereocenters. The van der Waals surface area contributed by atoms with Crippen molar-refractivity contribution in [1.29, 1.82) is 5.26 Å². The van der Waals surface area contributed by atoms with E-state index >= 15 is 0 Å². The summed E-state index contributed by atoms with van der Waals surface area (Å²) in [6, 6.07) is 9.75. The number of aromatic nitrogens is 3. The highest BCUT2D eigenvalue weighted by atomic mass is 19.4. The average molecular weight is 442 g/mol. The van der Waals surface area contributed by atoms with Crippen molar-refractivity contribution in [3.63, 3.8) is 0 Å². The van der Waals surface area contributed by atoms with E-state index in [0.717, 1.165) is 12.1 Å². The molecule has 1 aliphatic rings. The summed E-state index contributed by atoms with van der Waals surface area (Å²) >= 11 is 0. The van der Waals surface area contributed by atoms with Crippen molar-refractivity contribution in [2.75, 3.05) is 13.2 Å². The Kier molecular flexibility index (Phi) is 5.23. The van der Waals surface area contributed by atoms with Crippen LogP contribution in [0.3, 0.4) is 0 Å². The molecule has 1 aromatic carbocycles. The molecule has 0 saturated carbocycles. The van der Waals surface area contributed by atoms with Gasteiger partial charge in [-0.1, -0.05) is 0 Å². The first-order chi connectivity index (χ1) is 15.2. The fourth-order valence-electron chi connectivity index (χ4n) is 3.15. The second-order valence-electron chi connectivity index (χ2n) is 6.70. The molecule has 0 bridgehead atoms. The molecule has 1 aliphatic heterocycles. The molecule has 2 aromatic heterocycles. The Labute approximate surface area is 178 Å². The monoisotopic (exact) mass is 442 g/mol. The van der Waals surface area contributed by atoms with Crippen LogP contribution in [0, 0.1) is 11.3 Å². The Bertz CT molecular complexity index is 1230. The third-order valence-electron chi connectivity index (χ3n) is 4.49. The Morgan fingerprint density at radius 3 is 2.56 bits per heavy atom. The van der Waals surface area contributed by atoms with Crippen LogP contribution < -0.4 is 10.1 Å². The van der Waals surface area contributed by atoms with Gasteiger partial charge < -0.3 is 15.0 Å². The van der Waals surface area contributed by atoms with Crippen LogP contribution >= 0.6 is 0 Å². The highest BCUT2D eigenvalue weighted by Crippen LogP contribution is 2.31. The number of ether oxygens (including phenoxy) is 1. The molecule has 9 nitrogen and oxygen atoms in total. The first-order valence-corrected chi connectivity index (χ1v) is 9.11. The van der Waals surface area contributed by atoms with E-state index in [1.54, 1.807) is 18.2 Å². The van der Waals surface area contributed by atoms with Crippen molar-refractivity contribution in [2.45, 2.75) is 6.36 Å². The predicted molar refractivity (Wildman–Crippen MR) is 102 cm³/mol. The smallest absolute Gasteiger partial charge is 0.406 e. The van der Waals surface area contributed by atoms with E-state index in [-0.39, 0.29) is 41.6 Å². The SMILES string of the molecule is N#Cc1cc(OC(F)(F)F)cc(-c2cc(C(=O)N3CNC(=O)C3)nn2-c2ccncc2)c1. The maximum atomic E-state index is 12.8. The maximum Gasteiger partial charge on any atom is 0.573 e. The number of nitriles is 1. The van der Waals surface area contributed by atoms with Crippen molar-refractivity contribution in [2.24, 2.45) is 0 Å². The van der Waals surface area contributed by atoms with Crippen LogP contribution in [-0.2, 0) is 4.79 Å². The fraction of sp³-hybridized carbons (Fsp3) is 0.150. The van der Waals surface area contributed by atoms with Gasteiger partial charge in [0.25, 0.3) is 5.91 Å². The van der Waals surface area contributed by atoms with Crippen molar-refractivity contribution in [3.05, 3.63) is 60.0 Å². The van der Waals surface area contributed by atoms with Crippen molar-refractivity contribution in [1.82, 2.24) is 25.0 Å². The number of alkyl halides is 3. The highest BCUT2D eigenvalue weighted by Gasteiger charge is 2.32. The van der Waals surface area contributed by atoms with Gasteiger partial charge >= 0.3 is 6.36 Å². The molecule has 0 spiro atoms. The summed E-state index contributed by atoms with van der Waals surface area (Å²) in [6.07, 6.45) is -1.99. The van der Waals surface area contributed by atoms with Crippen molar-refractivity contribution >= 4 is 11.8 Å². The van der Waals surface area contributed by atoms with Crippen molar-refractivity contribution in [3.8, 4) is 28.8 Å². The van der Waals surface area contributed by atoms with Gasteiger partial charge in [0.15, 0.2) is 5.69 Å². The van der Waals surface area contributed by atoms with Gasteiger partial charge in [-0.25, -0.2) is 4.68 Å². The van der Waals surface area contributed by atoms with Crippen LogP contribution in [-0.4, -0.2) is 51.1 Å². The number of rotatable bonds is 4. The van der Waals surface area contributed by atoms with E-state index < -0.39 is 18.0 Å². The highest BCUT2D eigenvalue weighted by molar-refractivity contribution is 5.97. The number of hydrogen-bond acceptors (Lipinski definition) is 6. The zero-order chi connectivity index (χ0) is 22.9. The Balaban J connectivity index is 1.83. The molecule has 1 N–H and O–H groups in total. The molecule has 1 saturated heterocycles. The number of benzene rings is 1. The molecule has 3 heterocycles. The number of carbonyl (C=O) groups excluding carboxylic acids is 2. The summed E-state index contributed by atoms with van der Waals surface area (Å²) < 4.78 is 43.6. The molecule has 162 valence electrons. The molecule has 12 heteroatoms. The summed E-state index contributed by atoms with van der Waals surface area (Å²) in [6.45, 7) is -0.119. The average Bonchev–Trinajstić information content (AvgIpc) is 3.39. The number of nitrogens with zero attached hydrogens (tertiary/aromatic N) is 5. The van der Waals surface area contributed by atoms with Gasteiger partial charge in [0.1, 0.15) is 12.3 Å². The summed E-state index contributed by atoms with van der Waals surface area (Å²) in [5.74, 6) is -1.44. The van der Waals surface area contributed by atoms with Gasteiger partial charge in [-0.15, -0.1) is 13.2 Å². The standard InChI is InChI=1S/C20H13F3N6O3/c21-20(22,23)32-15-6-12(9-24)5-13(7-15)17-8-16(19(31)28-10-18(30)26-11-28)27-29(17)14-1-3-25-4-2-14/h1-8H,10-11H2,(H,26,30). The summed E-state index contributed by atoms with van der Waals surface area (Å²) in [5, 5.41) is 16.1. The third kappa shape index (κ3) is 4.36. The number of amides is 2. The van der Waals surface area contributed by atoms with E-state index in [4.69, 9.17) is 0 Å². The largest absolute Gasteiger partial charge is 0.573 e. The number of hydrogen-bond donors (Lipinski definition) is 1. The van der Waals surface area contributed by atoms with E-state index in [2.05, 4.69) is 20.1 Å². The number of nitrogens with one attached hydrogen (secondary N) is 1. The lowest BCUT2D eigenvalue weighted by atomic mass is 10.1. The molecule has 0 aliphatic carbocycles. The second kappa shape index (κ2) is 8.03. The number of pyridine rings is 1. The number of carbonyl (C=O) groups is 2. The summed E-state index contributed by atoms with van der Waals surface area (Å²) in [7, 11) is 0. The van der Waals surface area contributed by atoms with Gasteiger partial charge in [-0.05, 0) is 36.4 Å². The molecular formula is C20H13F3N6O3. The van der Waals surface area contributed by atoms with E-state index in [1.807, 2.05) is 0 Å². The van der Waals surface area contributed by atoms with Gasteiger partial charge in [0.05, 0.1) is 29.7 Å². The summed E-state index contributed by atoms with van der Waals surface area (Å²) in [5.41, 5.74) is 0.773. The topological polar surface area (TPSA) is 113 Å². The minimum absolute atomic E-state index is 0.0165. The zero-order valence-electron chi connectivity index (χ0n) is 16.1. The lowest BCUT2D eigenvalue weighted by Crippen LogP contribution is -2.30. The minimum atomic E-state index is -4.95. The lowest BCUT2D eigenvalue weighted by Gasteiger charge is -2.12. The molecule has 2 amide bonds. The normalized spacial score (nSPS) is 13.6. The van der Waals surface area contributed by atoms with Crippen LogP contribution in [0.1, 0.15) is 16.1 Å². The van der Waals surface area contributed by atoms with E-state index in [9.17, 15) is 28.0 Å². The van der Waals surface area contributed by atoms with Crippen LogP contribution in [0.2, 0.25) is 0 Å². The lowest BCUT2D eigenvalue weighted by molar-refractivity contribution is -0.274. The Morgan fingerprint density at radius 2 is 1.94 bits per heavy atom. The summed E-state index contributed by atoms with van der Waals surface area (Å²) in [4.78, 5) is 29.4. The van der Waals surface area contributed by atoms with E-state index in [1.165, 1.54) is 34.1 Å². The van der Waals surface area contributed by atoms with Gasteiger partial charge in [0, 0.05) is 18.0 Å². The van der Waals surface area contributed by atoms with Crippen LogP contribution in [0.25, 0.3) is 16.9 Å². The minimum Gasteiger partial charge on any atom is -0.406 e. The quantitative estimate of drug-likeness (QED) is 0.663. The zero-order valence-corrected chi connectivity index (χ0v) is 16.1.